The summed E-state index contributed by atoms with van der Waals surface area (Å²) in [6, 6.07) is 0.391. The van der Waals surface area contributed by atoms with E-state index in [1.807, 2.05) is 4.57 Å². The van der Waals surface area contributed by atoms with Crippen LogP contribution in [0.2, 0.25) is 0 Å². The standard InChI is InChI=1S/C9H12N4/c1-2-3-8(10)9-12-11-6-13(9)7-4-5-7/h1,6-8H,3-5,10H2. The lowest BCUT2D eigenvalue weighted by molar-refractivity contribution is 0.603. The van der Waals surface area contributed by atoms with Gasteiger partial charge in [-0.25, -0.2) is 0 Å². The third-order valence-corrected chi connectivity index (χ3v) is 2.21. The molecular weight excluding hydrogens is 164 g/mol. The molecule has 0 amide bonds. The second kappa shape index (κ2) is 3.19. The van der Waals surface area contributed by atoms with Gasteiger partial charge in [-0.2, -0.15) is 0 Å². The van der Waals surface area contributed by atoms with Gasteiger partial charge in [0.15, 0.2) is 5.82 Å². The summed E-state index contributed by atoms with van der Waals surface area (Å²) in [4.78, 5) is 0. The Hall–Kier alpha value is -1.34. The number of hydrogen-bond donors (Lipinski definition) is 1. The van der Waals surface area contributed by atoms with Gasteiger partial charge in [0.1, 0.15) is 6.33 Å². The second-order valence-corrected chi connectivity index (χ2v) is 3.34. The monoisotopic (exact) mass is 176 g/mol. The zero-order chi connectivity index (χ0) is 9.26. The van der Waals surface area contributed by atoms with Crippen molar-refractivity contribution in [3.05, 3.63) is 12.2 Å². The van der Waals surface area contributed by atoms with Crippen LogP contribution >= 0.6 is 0 Å². The van der Waals surface area contributed by atoms with Gasteiger partial charge in [-0.3, -0.25) is 0 Å². The lowest BCUT2D eigenvalue weighted by atomic mass is 10.2. The van der Waals surface area contributed by atoms with Crippen LogP contribution < -0.4 is 5.73 Å². The van der Waals surface area contributed by atoms with Crippen molar-refractivity contribution in [3.63, 3.8) is 0 Å². The van der Waals surface area contributed by atoms with E-state index >= 15 is 0 Å². The first-order chi connectivity index (χ1) is 6.33. The third kappa shape index (κ3) is 1.56. The molecule has 0 spiro atoms. The fraction of sp³-hybridized carbons (Fsp3) is 0.556. The Morgan fingerprint density at radius 3 is 3.15 bits per heavy atom. The smallest absolute Gasteiger partial charge is 0.151 e. The van der Waals surface area contributed by atoms with Crippen LogP contribution in [-0.2, 0) is 0 Å². The zero-order valence-electron chi connectivity index (χ0n) is 7.35. The third-order valence-electron chi connectivity index (χ3n) is 2.21. The zero-order valence-corrected chi connectivity index (χ0v) is 7.35. The van der Waals surface area contributed by atoms with Crippen molar-refractivity contribution in [3.8, 4) is 12.3 Å². The molecule has 0 saturated heterocycles. The molecule has 1 heterocycles. The first kappa shape index (κ1) is 8.27. The molecule has 1 aliphatic rings. The maximum Gasteiger partial charge on any atom is 0.151 e. The van der Waals surface area contributed by atoms with Crippen LogP contribution in [0.4, 0.5) is 0 Å². The molecule has 1 fully saturated rings. The minimum Gasteiger partial charge on any atom is -0.321 e. The number of terminal acetylenes is 1. The molecule has 13 heavy (non-hydrogen) atoms. The topological polar surface area (TPSA) is 56.7 Å². The highest BCUT2D eigenvalue weighted by Gasteiger charge is 2.27. The summed E-state index contributed by atoms with van der Waals surface area (Å²) in [6.45, 7) is 0. The van der Waals surface area contributed by atoms with Crippen LogP contribution in [0, 0.1) is 12.3 Å². The SMILES string of the molecule is C#CCC(N)c1nncn1C1CC1. The minimum absolute atomic E-state index is 0.173. The summed E-state index contributed by atoms with van der Waals surface area (Å²) >= 11 is 0. The molecule has 68 valence electrons. The summed E-state index contributed by atoms with van der Waals surface area (Å²) in [5.74, 6) is 3.36. The van der Waals surface area contributed by atoms with E-state index in [1.54, 1.807) is 6.33 Å². The van der Waals surface area contributed by atoms with Gasteiger partial charge < -0.3 is 10.3 Å². The number of nitrogens with two attached hydrogens (primary N) is 1. The van der Waals surface area contributed by atoms with Gasteiger partial charge >= 0.3 is 0 Å². The summed E-state index contributed by atoms with van der Waals surface area (Å²) < 4.78 is 2.04. The van der Waals surface area contributed by atoms with Gasteiger partial charge in [-0.1, -0.05) is 0 Å². The largest absolute Gasteiger partial charge is 0.321 e. The number of hydrogen-bond acceptors (Lipinski definition) is 3. The molecular formula is C9H12N4. The van der Waals surface area contributed by atoms with Crippen LogP contribution in [-0.4, -0.2) is 14.8 Å². The average Bonchev–Trinajstić information content (AvgIpc) is 2.84. The first-order valence-electron chi connectivity index (χ1n) is 4.41. The molecule has 1 aromatic heterocycles. The van der Waals surface area contributed by atoms with E-state index in [9.17, 15) is 0 Å². The summed E-state index contributed by atoms with van der Waals surface area (Å²) in [6.07, 6.45) is 9.85. The normalized spacial score (nSPS) is 18.2. The molecule has 4 heteroatoms. The van der Waals surface area contributed by atoms with Crippen LogP contribution in [0.5, 0.6) is 0 Å². The van der Waals surface area contributed by atoms with E-state index in [-0.39, 0.29) is 6.04 Å². The Kier molecular flexibility index (Phi) is 2.03. The Bertz CT molecular complexity index is 332. The minimum atomic E-state index is -0.173. The Labute approximate surface area is 77.1 Å². The Morgan fingerprint density at radius 1 is 1.77 bits per heavy atom. The molecule has 1 unspecified atom stereocenters. The molecule has 2 N–H and O–H groups in total. The first-order valence-corrected chi connectivity index (χ1v) is 4.41. The molecule has 0 bridgehead atoms. The highest BCUT2D eigenvalue weighted by atomic mass is 15.3. The molecule has 0 radical (unpaired) electrons. The second-order valence-electron chi connectivity index (χ2n) is 3.34. The molecule has 1 aromatic rings. The van der Waals surface area contributed by atoms with Crippen molar-refractivity contribution in [1.29, 1.82) is 0 Å². The van der Waals surface area contributed by atoms with Crippen molar-refractivity contribution in [2.75, 3.05) is 0 Å². The van der Waals surface area contributed by atoms with E-state index < -0.39 is 0 Å². The summed E-state index contributed by atoms with van der Waals surface area (Å²) in [5, 5.41) is 7.84. The highest BCUT2D eigenvalue weighted by molar-refractivity contribution is 5.03. The summed E-state index contributed by atoms with van der Waals surface area (Å²) in [5.41, 5.74) is 5.85. The van der Waals surface area contributed by atoms with Crippen LogP contribution in [0.15, 0.2) is 6.33 Å². The van der Waals surface area contributed by atoms with E-state index in [4.69, 9.17) is 12.2 Å². The Morgan fingerprint density at radius 2 is 2.54 bits per heavy atom. The number of rotatable bonds is 3. The fourth-order valence-electron chi connectivity index (χ4n) is 1.37. The molecule has 0 aliphatic heterocycles. The average molecular weight is 176 g/mol. The predicted octanol–water partition coefficient (Wildman–Crippen LogP) is 0.636. The van der Waals surface area contributed by atoms with Gasteiger partial charge in [-0.15, -0.1) is 22.5 Å². The molecule has 0 aromatic carbocycles. The van der Waals surface area contributed by atoms with Crippen LogP contribution in [0.25, 0.3) is 0 Å². The predicted molar refractivity (Wildman–Crippen MR) is 48.7 cm³/mol. The van der Waals surface area contributed by atoms with Crippen LogP contribution in [0.3, 0.4) is 0 Å². The van der Waals surface area contributed by atoms with Crippen LogP contribution in [0.1, 0.15) is 37.2 Å². The molecule has 2 rings (SSSR count). The maximum atomic E-state index is 5.85. The van der Waals surface area contributed by atoms with Crippen molar-refractivity contribution in [1.82, 2.24) is 14.8 Å². The molecule has 1 saturated carbocycles. The Balaban J connectivity index is 2.19. The lowest BCUT2D eigenvalue weighted by Crippen LogP contribution is -2.15. The molecule has 4 nitrogen and oxygen atoms in total. The highest BCUT2D eigenvalue weighted by Crippen LogP contribution is 2.36. The molecule has 1 atom stereocenters. The van der Waals surface area contributed by atoms with Gasteiger partial charge in [-0.05, 0) is 12.8 Å². The van der Waals surface area contributed by atoms with Gasteiger partial charge in [0.25, 0.3) is 0 Å². The van der Waals surface area contributed by atoms with Crippen molar-refractivity contribution >= 4 is 0 Å². The van der Waals surface area contributed by atoms with Gasteiger partial charge in [0.2, 0.25) is 0 Å². The summed E-state index contributed by atoms with van der Waals surface area (Å²) in [7, 11) is 0. The van der Waals surface area contributed by atoms with Crippen molar-refractivity contribution in [2.24, 2.45) is 5.73 Å². The molecule has 1 aliphatic carbocycles. The number of nitrogens with zero attached hydrogens (tertiary/aromatic N) is 3. The van der Waals surface area contributed by atoms with Crippen molar-refractivity contribution in [2.45, 2.75) is 31.3 Å². The lowest BCUT2D eigenvalue weighted by Gasteiger charge is -2.08. The van der Waals surface area contributed by atoms with E-state index in [1.165, 1.54) is 12.8 Å². The number of aromatic nitrogens is 3. The maximum absolute atomic E-state index is 5.85. The quantitative estimate of drug-likeness (QED) is 0.687. The fourth-order valence-corrected chi connectivity index (χ4v) is 1.37. The van der Waals surface area contributed by atoms with E-state index in [0.29, 0.717) is 12.5 Å². The van der Waals surface area contributed by atoms with Gasteiger partial charge in [0.05, 0.1) is 6.04 Å². The van der Waals surface area contributed by atoms with E-state index in [2.05, 4.69) is 16.1 Å². The van der Waals surface area contributed by atoms with E-state index in [0.717, 1.165) is 5.82 Å². The van der Waals surface area contributed by atoms with Gasteiger partial charge in [0, 0.05) is 12.5 Å². The van der Waals surface area contributed by atoms with Crippen molar-refractivity contribution < 1.29 is 0 Å².